The van der Waals surface area contributed by atoms with Crippen LogP contribution in [0.4, 0.5) is 0 Å². The zero-order valence-electron chi connectivity index (χ0n) is 14.8. The molecule has 1 radical (unpaired) electrons. The Morgan fingerprint density at radius 3 is 2.65 bits per heavy atom. The first-order valence-electron chi connectivity index (χ1n) is 9.00. The molecule has 2 atom stereocenters. The molecule has 1 heterocycles. The van der Waals surface area contributed by atoms with Crippen LogP contribution in [0.2, 0.25) is 0 Å². The summed E-state index contributed by atoms with van der Waals surface area (Å²) in [5.41, 5.74) is 2.34. The van der Waals surface area contributed by atoms with Crippen molar-refractivity contribution in [2.24, 2.45) is 5.92 Å². The van der Waals surface area contributed by atoms with Crippen LogP contribution in [-0.2, 0) is 0 Å². The number of hydrogen-bond donors (Lipinski definition) is 0. The zero-order chi connectivity index (χ0) is 16.7. The maximum atomic E-state index is 5.84. The average molecular weight is 369 g/mol. The normalized spacial score (nSPS) is 13.9. The van der Waals surface area contributed by atoms with Crippen LogP contribution >= 0.6 is 0 Å². The van der Waals surface area contributed by atoms with Gasteiger partial charge >= 0.3 is 151 Å². The Bertz CT molecular complexity index is 614. The molecule has 2 nitrogen and oxygen atoms in total. The minimum atomic E-state index is 0.527. The van der Waals surface area contributed by atoms with Gasteiger partial charge < -0.3 is 0 Å². The topological polar surface area (TPSA) is 22.1 Å². The van der Waals surface area contributed by atoms with Crippen molar-refractivity contribution in [3.8, 4) is 5.75 Å². The summed E-state index contributed by atoms with van der Waals surface area (Å²) < 4.78 is 5.84. The summed E-state index contributed by atoms with van der Waals surface area (Å²) in [5.74, 6) is 2.41. The van der Waals surface area contributed by atoms with Crippen LogP contribution in [0.25, 0.3) is 10.9 Å². The van der Waals surface area contributed by atoms with Crippen molar-refractivity contribution in [1.82, 2.24) is 4.98 Å². The summed E-state index contributed by atoms with van der Waals surface area (Å²) in [6.07, 6.45) is 9.75. The summed E-state index contributed by atoms with van der Waals surface area (Å²) >= 11 is 0.809. The molecule has 0 fully saturated rings. The molecule has 0 aliphatic heterocycles. The zero-order valence-corrected chi connectivity index (χ0v) is 17.8. The molecule has 0 saturated heterocycles. The van der Waals surface area contributed by atoms with Gasteiger partial charge in [0.2, 0.25) is 0 Å². The Labute approximate surface area is 151 Å². The van der Waals surface area contributed by atoms with Gasteiger partial charge in [0, 0.05) is 0 Å². The molecule has 0 saturated carbocycles. The predicted molar refractivity (Wildman–Crippen MR) is 100 cm³/mol. The van der Waals surface area contributed by atoms with E-state index in [4.69, 9.17) is 3.53 Å². The third kappa shape index (κ3) is 4.77. The fraction of sp³-hybridized carbons (Fsp3) is 0.550. The third-order valence-corrected chi connectivity index (χ3v) is 5.59. The Morgan fingerprint density at radius 1 is 1.13 bits per heavy atom. The first-order chi connectivity index (χ1) is 11.2. The van der Waals surface area contributed by atoms with Crippen molar-refractivity contribution in [1.29, 1.82) is 0 Å². The van der Waals surface area contributed by atoms with Crippen LogP contribution in [0.15, 0.2) is 30.5 Å². The first kappa shape index (κ1) is 18.4. The van der Waals surface area contributed by atoms with Crippen LogP contribution in [0, 0.1) is 5.92 Å². The maximum absolute atomic E-state index is 5.84. The van der Waals surface area contributed by atoms with Gasteiger partial charge in [0.05, 0.1) is 0 Å². The van der Waals surface area contributed by atoms with Crippen molar-refractivity contribution >= 4 is 29.9 Å². The molecule has 3 heteroatoms. The number of benzene rings is 1. The number of unbranched alkanes of at least 4 members (excludes halogenated alkanes) is 1. The van der Waals surface area contributed by atoms with E-state index in [0.717, 1.165) is 36.1 Å². The molecule has 0 N–H and O–H groups in total. The number of aromatic nitrogens is 1. The van der Waals surface area contributed by atoms with Crippen LogP contribution in [0.1, 0.15) is 70.8 Å². The van der Waals surface area contributed by atoms with Crippen molar-refractivity contribution in [2.75, 3.05) is 0 Å². The monoisotopic (exact) mass is 368 g/mol. The van der Waals surface area contributed by atoms with Gasteiger partial charge in [0.1, 0.15) is 0 Å². The van der Waals surface area contributed by atoms with Crippen molar-refractivity contribution in [3.63, 3.8) is 0 Å². The van der Waals surface area contributed by atoms with Crippen LogP contribution < -0.4 is 3.53 Å². The van der Waals surface area contributed by atoms with E-state index in [2.05, 4.69) is 44.0 Å². The van der Waals surface area contributed by atoms with Gasteiger partial charge in [-0.05, 0) is 0 Å². The predicted octanol–water partition coefficient (Wildman–Crippen LogP) is 5.53. The van der Waals surface area contributed by atoms with Gasteiger partial charge in [-0.1, -0.05) is 0 Å². The third-order valence-electron chi connectivity index (χ3n) is 4.99. The Kier molecular flexibility index (Phi) is 7.51. The number of fused-ring (bicyclic) bond motifs is 1. The number of hydrogen-bond acceptors (Lipinski definition) is 2. The molecule has 0 bridgehead atoms. The molecular formula is C20H29GaNO. The molecule has 123 valence electrons. The Hall–Kier alpha value is -0.934. The quantitative estimate of drug-likeness (QED) is 0.543. The van der Waals surface area contributed by atoms with Crippen LogP contribution in [0.5, 0.6) is 5.75 Å². The molecule has 0 amide bonds. The molecule has 0 aliphatic carbocycles. The van der Waals surface area contributed by atoms with E-state index in [1.807, 2.05) is 12.3 Å². The molecule has 2 rings (SSSR count). The second-order valence-corrected chi connectivity index (χ2v) is 7.20. The summed E-state index contributed by atoms with van der Waals surface area (Å²) in [6, 6.07) is 8.52. The second-order valence-electron chi connectivity index (χ2n) is 6.60. The van der Waals surface area contributed by atoms with Gasteiger partial charge in [-0.15, -0.1) is 0 Å². The van der Waals surface area contributed by atoms with Gasteiger partial charge in [-0.2, -0.15) is 0 Å². The number of pyridine rings is 1. The fourth-order valence-electron chi connectivity index (χ4n) is 3.36. The van der Waals surface area contributed by atoms with Gasteiger partial charge in [-0.3, -0.25) is 0 Å². The molecule has 2 aromatic rings. The summed E-state index contributed by atoms with van der Waals surface area (Å²) in [7, 11) is 0. The molecular weight excluding hydrogens is 340 g/mol. The van der Waals surface area contributed by atoms with Crippen molar-refractivity contribution in [3.05, 3.63) is 36.0 Å². The van der Waals surface area contributed by atoms with E-state index in [1.54, 1.807) is 0 Å². The molecule has 23 heavy (non-hydrogen) atoms. The molecule has 2 unspecified atom stereocenters. The van der Waals surface area contributed by atoms with Crippen LogP contribution in [0.3, 0.4) is 0 Å². The summed E-state index contributed by atoms with van der Waals surface area (Å²) in [4.78, 5) is 4.54. The Morgan fingerprint density at radius 2 is 1.96 bits per heavy atom. The van der Waals surface area contributed by atoms with E-state index in [-0.39, 0.29) is 0 Å². The standard InChI is InChI=1S/C20H29NO.Ga.H/c1-4-6-8-16(5-2)11-10-15(3)18-13-12-17-9-7-14-21-19(17)20(18)22;;/h7,9,12-16,22H,4-6,8,10-11H2,1-3H3;;/q;+1;/p-1. The summed E-state index contributed by atoms with van der Waals surface area (Å²) in [5, 5.41) is 1.17. The molecule has 1 aromatic carbocycles. The van der Waals surface area contributed by atoms with E-state index in [0.29, 0.717) is 5.92 Å². The molecule has 1 aromatic heterocycles. The molecule has 0 aliphatic rings. The minimum absolute atomic E-state index is 0.527. The number of rotatable bonds is 9. The van der Waals surface area contributed by atoms with E-state index in [9.17, 15) is 0 Å². The summed E-state index contributed by atoms with van der Waals surface area (Å²) in [6.45, 7) is 6.95. The van der Waals surface area contributed by atoms with Gasteiger partial charge in [-0.25, -0.2) is 0 Å². The molecule has 0 spiro atoms. The Balaban J connectivity index is 2.12. The van der Waals surface area contributed by atoms with E-state index < -0.39 is 0 Å². The van der Waals surface area contributed by atoms with Gasteiger partial charge in [0.15, 0.2) is 0 Å². The van der Waals surface area contributed by atoms with E-state index in [1.165, 1.54) is 49.5 Å². The average Bonchev–Trinajstić information content (AvgIpc) is 2.60. The van der Waals surface area contributed by atoms with Gasteiger partial charge in [0.25, 0.3) is 0 Å². The van der Waals surface area contributed by atoms with E-state index >= 15 is 0 Å². The fourth-order valence-corrected chi connectivity index (χ4v) is 4.00. The SMILES string of the molecule is CCCCC(CC)CCC(C)c1ccc2cccnc2c1[O][GaH]. The number of nitrogens with zero attached hydrogens (tertiary/aromatic N) is 1. The van der Waals surface area contributed by atoms with Crippen molar-refractivity contribution in [2.45, 2.75) is 65.2 Å². The van der Waals surface area contributed by atoms with Crippen LogP contribution in [-0.4, -0.2) is 23.9 Å². The second kappa shape index (κ2) is 9.38. The van der Waals surface area contributed by atoms with Crippen molar-refractivity contribution < 1.29 is 3.53 Å². The first-order valence-corrected chi connectivity index (χ1v) is 10.2.